The minimum Gasteiger partial charge on any atom is -0.350 e. The number of alkyl halides is 3. The van der Waals surface area contributed by atoms with Gasteiger partial charge in [0.2, 0.25) is 5.91 Å². The van der Waals surface area contributed by atoms with Crippen LogP contribution in [-0.2, 0) is 11.0 Å². The van der Waals surface area contributed by atoms with Gasteiger partial charge in [-0.1, -0.05) is 31.2 Å². The van der Waals surface area contributed by atoms with E-state index < -0.39 is 17.6 Å². The summed E-state index contributed by atoms with van der Waals surface area (Å²) >= 11 is 0. The molecule has 4 rings (SSSR count). The molecule has 216 valence electrons. The first kappa shape index (κ1) is 29.5. The molecule has 2 heterocycles. The van der Waals surface area contributed by atoms with E-state index in [0.29, 0.717) is 31.2 Å². The second-order valence-electron chi connectivity index (χ2n) is 10.3. The van der Waals surface area contributed by atoms with Crippen LogP contribution in [0, 0.1) is 0 Å². The Labute approximate surface area is 232 Å². The summed E-state index contributed by atoms with van der Waals surface area (Å²) in [6.07, 6.45) is -2.79. The van der Waals surface area contributed by atoms with Gasteiger partial charge in [-0.15, -0.1) is 0 Å². The summed E-state index contributed by atoms with van der Waals surface area (Å²) in [5.41, 5.74) is -0.350. The van der Waals surface area contributed by atoms with Crippen molar-refractivity contribution in [2.45, 2.75) is 38.0 Å². The van der Waals surface area contributed by atoms with Gasteiger partial charge in [0.1, 0.15) is 0 Å². The van der Waals surface area contributed by atoms with Crippen LogP contribution in [0.4, 0.5) is 13.2 Å². The summed E-state index contributed by atoms with van der Waals surface area (Å²) in [4.78, 5) is 44.1. The number of benzene rings is 2. The lowest BCUT2D eigenvalue weighted by Gasteiger charge is -2.40. The van der Waals surface area contributed by atoms with E-state index in [9.17, 15) is 27.6 Å². The summed E-state index contributed by atoms with van der Waals surface area (Å²) in [5, 5.41) is 5.33. The smallest absolute Gasteiger partial charge is 0.350 e. The van der Waals surface area contributed by atoms with E-state index in [2.05, 4.69) is 27.4 Å². The second kappa shape index (κ2) is 13.3. The van der Waals surface area contributed by atoms with Crippen LogP contribution in [0.15, 0.2) is 54.6 Å². The highest BCUT2D eigenvalue weighted by Gasteiger charge is 2.32. The Morgan fingerprint density at radius 1 is 0.950 bits per heavy atom. The molecule has 2 aliphatic rings. The Morgan fingerprint density at radius 3 is 2.33 bits per heavy atom. The molecule has 2 aliphatic heterocycles. The fraction of sp³-hybridized carbons (Fsp3) is 0.483. The van der Waals surface area contributed by atoms with E-state index in [1.54, 1.807) is 0 Å². The number of nitrogens with one attached hydrogen (secondary N) is 2. The van der Waals surface area contributed by atoms with Gasteiger partial charge in [0.25, 0.3) is 11.8 Å². The molecule has 2 saturated heterocycles. The average Bonchev–Trinajstić information content (AvgIpc) is 3.41. The number of carbonyl (C=O) groups is 3. The Hall–Kier alpha value is -3.44. The third kappa shape index (κ3) is 7.82. The van der Waals surface area contributed by atoms with E-state index in [1.807, 2.05) is 35.2 Å². The highest BCUT2D eigenvalue weighted by molar-refractivity contribution is 5.96. The molecule has 0 saturated carbocycles. The van der Waals surface area contributed by atoms with E-state index in [0.717, 1.165) is 51.2 Å². The normalized spacial score (nSPS) is 19.3. The van der Waals surface area contributed by atoms with Gasteiger partial charge in [-0.25, -0.2) is 0 Å². The van der Waals surface area contributed by atoms with Gasteiger partial charge in [0, 0.05) is 69.0 Å². The zero-order valence-corrected chi connectivity index (χ0v) is 22.6. The Morgan fingerprint density at radius 2 is 1.65 bits per heavy atom. The molecule has 0 bridgehead atoms. The monoisotopic (exact) mass is 559 g/mol. The third-order valence-corrected chi connectivity index (χ3v) is 7.58. The predicted molar refractivity (Wildman–Crippen MR) is 145 cm³/mol. The van der Waals surface area contributed by atoms with Crippen molar-refractivity contribution in [3.8, 4) is 0 Å². The molecule has 0 spiro atoms. The van der Waals surface area contributed by atoms with Crippen molar-refractivity contribution in [1.82, 2.24) is 25.3 Å². The molecule has 2 N–H and O–H groups in total. The van der Waals surface area contributed by atoms with Gasteiger partial charge in [-0.05, 0) is 43.2 Å². The van der Waals surface area contributed by atoms with Crippen molar-refractivity contribution < 1.29 is 27.6 Å². The number of hydrogen-bond donors (Lipinski definition) is 2. The van der Waals surface area contributed by atoms with E-state index in [1.165, 1.54) is 12.1 Å². The fourth-order valence-electron chi connectivity index (χ4n) is 5.35. The van der Waals surface area contributed by atoms with Crippen LogP contribution < -0.4 is 10.6 Å². The van der Waals surface area contributed by atoms with Gasteiger partial charge in [-0.3, -0.25) is 24.2 Å². The van der Waals surface area contributed by atoms with Gasteiger partial charge >= 0.3 is 6.18 Å². The quantitative estimate of drug-likeness (QED) is 0.494. The molecule has 40 heavy (non-hydrogen) atoms. The molecule has 2 fully saturated rings. The largest absolute Gasteiger partial charge is 0.416 e. The van der Waals surface area contributed by atoms with E-state index in [-0.39, 0.29) is 30.0 Å². The number of rotatable bonds is 9. The van der Waals surface area contributed by atoms with Gasteiger partial charge in [0.15, 0.2) is 0 Å². The lowest BCUT2D eigenvalue weighted by atomic mass is 10.1. The highest BCUT2D eigenvalue weighted by atomic mass is 19.4. The Balaban J connectivity index is 1.18. The zero-order valence-electron chi connectivity index (χ0n) is 22.6. The van der Waals surface area contributed by atoms with Crippen LogP contribution >= 0.6 is 0 Å². The minimum atomic E-state index is -4.55. The fourth-order valence-corrected chi connectivity index (χ4v) is 5.35. The molecule has 2 aromatic carbocycles. The van der Waals surface area contributed by atoms with Crippen molar-refractivity contribution in [2.24, 2.45) is 0 Å². The van der Waals surface area contributed by atoms with Gasteiger partial charge < -0.3 is 15.5 Å². The number of halogens is 3. The van der Waals surface area contributed by atoms with Crippen molar-refractivity contribution >= 4 is 17.7 Å². The summed E-state index contributed by atoms with van der Waals surface area (Å²) in [6.45, 7) is 7.25. The number of amides is 3. The lowest BCUT2D eigenvalue weighted by molar-refractivity contribution is -0.137. The van der Waals surface area contributed by atoms with Crippen LogP contribution in [0.25, 0.3) is 0 Å². The van der Waals surface area contributed by atoms with Gasteiger partial charge in [-0.2, -0.15) is 13.2 Å². The van der Waals surface area contributed by atoms with E-state index >= 15 is 0 Å². The first-order valence-electron chi connectivity index (χ1n) is 13.7. The SMILES string of the molecule is CCC(CN1CC[C@@H](NC(=O)CNC(=O)c2cccc(C(F)(F)F)c2)C1)N1CCN(C(=O)c2ccccc2)CC1. The molecule has 1 unspecified atom stereocenters. The maximum Gasteiger partial charge on any atom is 0.416 e. The first-order chi connectivity index (χ1) is 19.1. The molecular formula is C29H36F3N5O3. The molecule has 0 radical (unpaired) electrons. The van der Waals surface area contributed by atoms with Crippen molar-refractivity contribution in [3.63, 3.8) is 0 Å². The van der Waals surface area contributed by atoms with Crippen LogP contribution in [0.3, 0.4) is 0 Å². The van der Waals surface area contributed by atoms with Crippen molar-refractivity contribution in [1.29, 1.82) is 0 Å². The molecule has 8 nitrogen and oxygen atoms in total. The summed E-state index contributed by atoms with van der Waals surface area (Å²) in [6, 6.07) is 13.7. The summed E-state index contributed by atoms with van der Waals surface area (Å²) in [5.74, 6) is -1.04. The van der Waals surface area contributed by atoms with Crippen LogP contribution in [0.5, 0.6) is 0 Å². The van der Waals surface area contributed by atoms with Crippen molar-refractivity contribution in [2.75, 3.05) is 52.4 Å². The zero-order chi connectivity index (χ0) is 28.7. The van der Waals surface area contributed by atoms with Gasteiger partial charge in [0.05, 0.1) is 12.1 Å². The maximum atomic E-state index is 12.9. The third-order valence-electron chi connectivity index (χ3n) is 7.58. The number of likely N-dealkylation sites (tertiary alicyclic amines) is 1. The Kier molecular flexibility index (Phi) is 9.80. The number of piperazine rings is 1. The van der Waals surface area contributed by atoms with Crippen LogP contribution in [-0.4, -0.2) is 96.9 Å². The maximum absolute atomic E-state index is 12.9. The first-order valence-corrected chi connectivity index (χ1v) is 13.7. The van der Waals surface area contributed by atoms with Crippen LogP contribution in [0.2, 0.25) is 0 Å². The second-order valence-corrected chi connectivity index (χ2v) is 10.3. The van der Waals surface area contributed by atoms with Crippen LogP contribution in [0.1, 0.15) is 46.0 Å². The molecule has 11 heteroatoms. The summed E-state index contributed by atoms with van der Waals surface area (Å²) < 4.78 is 38.7. The number of carbonyl (C=O) groups excluding carboxylic acids is 3. The topological polar surface area (TPSA) is 85.0 Å². The standard InChI is InChI=1S/C29H36F3N5O3/c1-2-25(36-13-15-37(16-14-36)28(40)21-7-4-3-5-8-21)20-35-12-11-24(19-35)34-26(38)18-33-27(39)22-9-6-10-23(17-22)29(30,31)32/h3-10,17,24-25H,2,11-16,18-20H2,1H3,(H,33,39)(H,34,38)/t24-,25?/m1/s1. The Bertz CT molecular complexity index is 1170. The molecule has 2 atom stereocenters. The minimum absolute atomic E-state index is 0.0594. The van der Waals surface area contributed by atoms with Crippen molar-refractivity contribution in [3.05, 3.63) is 71.3 Å². The predicted octanol–water partition coefficient (Wildman–Crippen LogP) is 2.86. The number of hydrogen-bond acceptors (Lipinski definition) is 5. The molecule has 3 amide bonds. The average molecular weight is 560 g/mol. The highest BCUT2D eigenvalue weighted by Crippen LogP contribution is 2.29. The molecule has 2 aromatic rings. The number of nitrogens with zero attached hydrogens (tertiary/aromatic N) is 3. The molecular weight excluding hydrogens is 523 g/mol. The molecule has 0 aliphatic carbocycles. The summed E-state index contributed by atoms with van der Waals surface area (Å²) in [7, 11) is 0. The molecule has 0 aromatic heterocycles. The van der Waals surface area contributed by atoms with E-state index in [4.69, 9.17) is 0 Å². The lowest BCUT2D eigenvalue weighted by Crippen LogP contribution is -2.54.